The molecule has 0 atom stereocenters. The van der Waals surface area contributed by atoms with Gasteiger partial charge in [0.1, 0.15) is 0 Å². The molecule has 0 unspecified atom stereocenters. The fourth-order valence-corrected chi connectivity index (χ4v) is 3.28. The highest BCUT2D eigenvalue weighted by molar-refractivity contribution is 7.92. The first-order chi connectivity index (χ1) is 8.05. The molecule has 0 saturated carbocycles. The van der Waals surface area contributed by atoms with Crippen molar-refractivity contribution in [3.8, 4) is 0 Å². The van der Waals surface area contributed by atoms with Crippen LogP contribution in [0.15, 0.2) is 24.3 Å². The molecule has 0 bridgehead atoms. The Morgan fingerprint density at radius 1 is 1.18 bits per heavy atom. The second-order valence-corrected chi connectivity index (χ2v) is 5.86. The van der Waals surface area contributed by atoms with E-state index in [1.165, 1.54) is 4.31 Å². The van der Waals surface area contributed by atoms with Gasteiger partial charge in [0.25, 0.3) is 0 Å². The second-order valence-electron chi connectivity index (χ2n) is 3.85. The molecule has 0 aromatic heterocycles. The van der Waals surface area contributed by atoms with Crippen LogP contribution in [0.5, 0.6) is 0 Å². The molecular formula is C12H20N2O2S. The summed E-state index contributed by atoms with van der Waals surface area (Å²) in [7, 11) is -3.19. The summed E-state index contributed by atoms with van der Waals surface area (Å²) in [6, 6.07) is 7.33. The molecular weight excluding hydrogens is 236 g/mol. The Labute approximate surface area is 103 Å². The van der Waals surface area contributed by atoms with E-state index >= 15 is 0 Å². The van der Waals surface area contributed by atoms with Crippen molar-refractivity contribution in [3.63, 3.8) is 0 Å². The number of anilines is 1. The van der Waals surface area contributed by atoms with Gasteiger partial charge in [0.15, 0.2) is 0 Å². The van der Waals surface area contributed by atoms with Crippen LogP contribution in [0.3, 0.4) is 0 Å². The lowest BCUT2D eigenvalue weighted by Gasteiger charge is -2.22. The highest BCUT2D eigenvalue weighted by Gasteiger charge is 2.19. The van der Waals surface area contributed by atoms with Crippen LogP contribution < -0.4 is 10.0 Å². The van der Waals surface area contributed by atoms with Gasteiger partial charge in [0.05, 0.1) is 11.4 Å². The molecule has 0 radical (unpaired) electrons. The Bertz CT molecular complexity index is 440. The highest BCUT2D eigenvalue weighted by atomic mass is 32.2. The third-order valence-corrected chi connectivity index (χ3v) is 4.61. The van der Waals surface area contributed by atoms with E-state index in [2.05, 4.69) is 0 Å². The van der Waals surface area contributed by atoms with Crippen molar-refractivity contribution in [1.29, 1.82) is 0 Å². The summed E-state index contributed by atoms with van der Waals surface area (Å²) < 4.78 is 25.5. The average Bonchev–Trinajstić information content (AvgIpc) is 2.30. The number of nitrogens with two attached hydrogens (primary N) is 1. The quantitative estimate of drug-likeness (QED) is 0.842. The van der Waals surface area contributed by atoms with E-state index in [-0.39, 0.29) is 5.75 Å². The molecule has 2 N–H and O–H groups in total. The van der Waals surface area contributed by atoms with Crippen molar-refractivity contribution in [2.45, 2.75) is 26.8 Å². The van der Waals surface area contributed by atoms with Crippen molar-refractivity contribution >= 4 is 15.7 Å². The van der Waals surface area contributed by atoms with E-state index < -0.39 is 10.0 Å². The molecule has 1 aromatic carbocycles. The number of hydrogen-bond acceptors (Lipinski definition) is 3. The van der Waals surface area contributed by atoms with Crippen molar-refractivity contribution < 1.29 is 8.42 Å². The summed E-state index contributed by atoms with van der Waals surface area (Å²) >= 11 is 0. The first kappa shape index (κ1) is 14.0. The summed E-state index contributed by atoms with van der Waals surface area (Å²) in [6.45, 7) is 4.62. The SMILES string of the molecule is CCCS(=O)(=O)N(CC)c1ccc(CN)cc1. The van der Waals surface area contributed by atoms with Crippen LogP contribution in [-0.4, -0.2) is 20.7 Å². The molecule has 96 valence electrons. The standard InChI is InChI=1S/C12H20N2O2S/c1-3-9-17(15,16)14(4-2)12-7-5-11(10-13)6-8-12/h5-8H,3-4,9-10,13H2,1-2H3. The summed E-state index contributed by atoms with van der Waals surface area (Å²) in [5.41, 5.74) is 7.21. The van der Waals surface area contributed by atoms with Gasteiger partial charge < -0.3 is 5.73 Å². The molecule has 0 saturated heterocycles. The molecule has 0 amide bonds. The van der Waals surface area contributed by atoms with Gasteiger partial charge in [-0.15, -0.1) is 0 Å². The normalized spacial score (nSPS) is 11.5. The highest BCUT2D eigenvalue weighted by Crippen LogP contribution is 2.19. The van der Waals surface area contributed by atoms with Crippen molar-refractivity contribution in [2.24, 2.45) is 5.73 Å². The van der Waals surface area contributed by atoms with Crippen LogP contribution in [0.1, 0.15) is 25.8 Å². The van der Waals surface area contributed by atoms with Crippen LogP contribution >= 0.6 is 0 Å². The van der Waals surface area contributed by atoms with E-state index in [9.17, 15) is 8.42 Å². The smallest absolute Gasteiger partial charge is 0.235 e. The Kier molecular flexibility index (Phi) is 4.96. The molecule has 0 aliphatic carbocycles. The van der Waals surface area contributed by atoms with E-state index in [1.807, 2.05) is 26.0 Å². The maximum absolute atomic E-state index is 12.0. The summed E-state index contributed by atoms with van der Waals surface area (Å²) in [6.07, 6.45) is 0.625. The number of rotatable bonds is 6. The predicted octanol–water partition coefficient (Wildman–Crippen LogP) is 1.71. The van der Waals surface area contributed by atoms with Gasteiger partial charge >= 0.3 is 0 Å². The number of nitrogens with zero attached hydrogens (tertiary/aromatic N) is 1. The maximum atomic E-state index is 12.0. The summed E-state index contributed by atoms with van der Waals surface area (Å²) in [5, 5.41) is 0. The zero-order chi connectivity index (χ0) is 12.9. The lowest BCUT2D eigenvalue weighted by atomic mass is 10.2. The fourth-order valence-electron chi connectivity index (χ4n) is 1.71. The first-order valence-electron chi connectivity index (χ1n) is 5.84. The Morgan fingerprint density at radius 2 is 1.76 bits per heavy atom. The number of benzene rings is 1. The largest absolute Gasteiger partial charge is 0.326 e. The molecule has 0 spiro atoms. The van der Waals surface area contributed by atoms with Crippen LogP contribution in [0.2, 0.25) is 0 Å². The van der Waals surface area contributed by atoms with Crippen molar-refractivity contribution in [1.82, 2.24) is 0 Å². The molecule has 5 heteroatoms. The third kappa shape index (κ3) is 3.44. The lowest BCUT2D eigenvalue weighted by Crippen LogP contribution is -2.32. The molecule has 17 heavy (non-hydrogen) atoms. The molecule has 0 aliphatic rings. The van der Waals surface area contributed by atoms with Gasteiger partial charge in [-0.2, -0.15) is 0 Å². The predicted molar refractivity (Wildman–Crippen MR) is 71.4 cm³/mol. The van der Waals surface area contributed by atoms with E-state index in [0.717, 1.165) is 5.56 Å². The monoisotopic (exact) mass is 256 g/mol. The van der Waals surface area contributed by atoms with Crippen LogP contribution in [-0.2, 0) is 16.6 Å². The minimum absolute atomic E-state index is 0.180. The summed E-state index contributed by atoms with van der Waals surface area (Å²) in [4.78, 5) is 0. The molecule has 1 rings (SSSR count). The molecule has 0 aliphatic heterocycles. The molecule has 0 fully saturated rings. The van der Waals surface area contributed by atoms with Gasteiger partial charge in [-0.25, -0.2) is 8.42 Å². The molecule has 1 aromatic rings. The van der Waals surface area contributed by atoms with Crippen molar-refractivity contribution in [2.75, 3.05) is 16.6 Å². The van der Waals surface area contributed by atoms with Gasteiger partial charge in [0.2, 0.25) is 10.0 Å². The van der Waals surface area contributed by atoms with Crippen molar-refractivity contribution in [3.05, 3.63) is 29.8 Å². The van der Waals surface area contributed by atoms with E-state index in [4.69, 9.17) is 5.73 Å². The zero-order valence-electron chi connectivity index (χ0n) is 10.4. The fraction of sp³-hybridized carbons (Fsp3) is 0.500. The molecule has 4 nitrogen and oxygen atoms in total. The van der Waals surface area contributed by atoms with Crippen LogP contribution in [0.4, 0.5) is 5.69 Å². The second kappa shape index (κ2) is 6.02. The maximum Gasteiger partial charge on any atom is 0.235 e. The van der Waals surface area contributed by atoms with Gasteiger partial charge in [-0.3, -0.25) is 4.31 Å². The van der Waals surface area contributed by atoms with Crippen LogP contribution in [0.25, 0.3) is 0 Å². The van der Waals surface area contributed by atoms with Gasteiger partial charge in [-0.1, -0.05) is 19.1 Å². The van der Waals surface area contributed by atoms with E-state index in [1.54, 1.807) is 12.1 Å². The number of hydrogen-bond donors (Lipinski definition) is 1. The summed E-state index contributed by atoms with van der Waals surface area (Å²) in [5.74, 6) is 0.180. The van der Waals surface area contributed by atoms with Gasteiger partial charge in [0, 0.05) is 13.1 Å². The Morgan fingerprint density at radius 3 is 2.18 bits per heavy atom. The minimum atomic E-state index is -3.19. The number of sulfonamides is 1. The zero-order valence-corrected chi connectivity index (χ0v) is 11.2. The Balaban J connectivity index is 3.01. The average molecular weight is 256 g/mol. The first-order valence-corrected chi connectivity index (χ1v) is 7.45. The van der Waals surface area contributed by atoms with E-state index in [0.29, 0.717) is 25.2 Å². The molecule has 0 heterocycles. The van der Waals surface area contributed by atoms with Crippen LogP contribution in [0, 0.1) is 0 Å². The lowest BCUT2D eigenvalue weighted by molar-refractivity contribution is 0.590. The topological polar surface area (TPSA) is 63.4 Å². The third-order valence-electron chi connectivity index (χ3n) is 2.55. The van der Waals surface area contributed by atoms with Gasteiger partial charge in [-0.05, 0) is 31.0 Å². The minimum Gasteiger partial charge on any atom is -0.326 e. The Hall–Kier alpha value is -1.07.